The highest BCUT2D eigenvalue weighted by atomic mass is 16.5. The van der Waals surface area contributed by atoms with Gasteiger partial charge in [-0.15, -0.1) is 0 Å². The van der Waals surface area contributed by atoms with Crippen LogP contribution in [0, 0.1) is 0 Å². The van der Waals surface area contributed by atoms with E-state index in [1.54, 1.807) is 0 Å². The van der Waals surface area contributed by atoms with Crippen molar-refractivity contribution in [1.82, 2.24) is 5.32 Å². The van der Waals surface area contributed by atoms with E-state index in [2.05, 4.69) is 14.8 Å². The molecule has 7 nitrogen and oxygen atoms in total. The summed E-state index contributed by atoms with van der Waals surface area (Å²) in [6, 6.07) is 0.978. The minimum absolute atomic E-state index is 0.00508. The fourth-order valence-corrected chi connectivity index (χ4v) is 0.979. The standard InChI is InChI=1S/C10H11NO6/c1-15-8-5-17-7(3-6(8)12)10(14)11-4-9(13)16-2/h3,5H,4H2,1-2H3,(H,11,14). The number of amides is 1. The zero-order valence-electron chi connectivity index (χ0n) is 9.31. The predicted molar refractivity (Wildman–Crippen MR) is 55.9 cm³/mol. The molecule has 1 amide bonds. The summed E-state index contributed by atoms with van der Waals surface area (Å²) in [5.74, 6) is -1.50. The van der Waals surface area contributed by atoms with Gasteiger partial charge in [-0.05, 0) is 0 Å². The van der Waals surface area contributed by atoms with Crippen LogP contribution in [0.1, 0.15) is 10.6 Å². The minimum atomic E-state index is -0.685. The maximum atomic E-state index is 11.4. The fourth-order valence-electron chi connectivity index (χ4n) is 0.979. The molecule has 0 bridgehead atoms. The predicted octanol–water partition coefficient (Wildman–Crippen LogP) is -0.449. The van der Waals surface area contributed by atoms with E-state index in [4.69, 9.17) is 4.42 Å². The SMILES string of the molecule is COC(=O)CNC(=O)c1cc(=O)c(OC)co1. The normalized spacial score (nSPS) is 9.53. The van der Waals surface area contributed by atoms with Gasteiger partial charge in [-0.25, -0.2) is 0 Å². The van der Waals surface area contributed by atoms with Gasteiger partial charge in [-0.3, -0.25) is 14.4 Å². The van der Waals surface area contributed by atoms with Crippen molar-refractivity contribution in [3.63, 3.8) is 0 Å². The molecule has 1 aromatic rings. The van der Waals surface area contributed by atoms with E-state index >= 15 is 0 Å². The Morgan fingerprint density at radius 3 is 2.65 bits per heavy atom. The molecule has 0 fully saturated rings. The van der Waals surface area contributed by atoms with Crippen LogP contribution in [-0.4, -0.2) is 32.6 Å². The number of methoxy groups -OCH3 is 2. The van der Waals surface area contributed by atoms with E-state index in [-0.39, 0.29) is 18.1 Å². The molecule has 1 aromatic heterocycles. The molecule has 7 heteroatoms. The quantitative estimate of drug-likeness (QED) is 0.717. The van der Waals surface area contributed by atoms with E-state index in [1.807, 2.05) is 0 Å². The van der Waals surface area contributed by atoms with E-state index in [0.29, 0.717) is 0 Å². The molecular formula is C10H11NO6. The molecule has 0 atom stereocenters. The average Bonchev–Trinajstić information content (AvgIpc) is 2.35. The van der Waals surface area contributed by atoms with Gasteiger partial charge in [0.2, 0.25) is 11.2 Å². The first-order valence-corrected chi connectivity index (χ1v) is 4.60. The van der Waals surface area contributed by atoms with Crippen LogP contribution in [0.15, 0.2) is 21.5 Å². The number of rotatable bonds is 4. The third kappa shape index (κ3) is 3.33. The van der Waals surface area contributed by atoms with Crippen molar-refractivity contribution in [1.29, 1.82) is 0 Å². The Hall–Kier alpha value is -2.31. The van der Waals surface area contributed by atoms with Crippen LogP contribution < -0.4 is 15.5 Å². The lowest BCUT2D eigenvalue weighted by molar-refractivity contribution is -0.139. The number of nitrogens with one attached hydrogen (secondary N) is 1. The van der Waals surface area contributed by atoms with Crippen LogP contribution in [0.3, 0.4) is 0 Å². The van der Waals surface area contributed by atoms with Crippen molar-refractivity contribution in [3.8, 4) is 5.75 Å². The second-order valence-electron chi connectivity index (χ2n) is 2.94. The lowest BCUT2D eigenvalue weighted by Gasteiger charge is -2.03. The van der Waals surface area contributed by atoms with Crippen molar-refractivity contribution >= 4 is 11.9 Å². The minimum Gasteiger partial charge on any atom is -0.490 e. The van der Waals surface area contributed by atoms with Gasteiger partial charge in [0, 0.05) is 6.07 Å². The second kappa shape index (κ2) is 5.69. The Balaban J connectivity index is 2.73. The van der Waals surface area contributed by atoms with Gasteiger partial charge in [-0.2, -0.15) is 0 Å². The third-order valence-corrected chi connectivity index (χ3v) is 1.86. The maximum Gasteiger partial charge on any atom is 0.325 e. The van der Waals surface area contributed by atoms with E-state index in [9.17, 15) is 14.4 Å². The van der Waals surface area contributed by atoms with Gasteiger partial charge in [0.1, 0.15) is 12.8 Å². The van der Waals surface area contributed by atoms with Gasteiger partial charge in [0.15, 0.2) is 5.76 Å². The van der Waals surface area contributed by atoms with Crippen LogP contribution in [0.4, 0.5) is 0 Å². The molecule has 17 heavy (non-hydrogen) atoms. The van der Waals surface area contributed by atoms with Gasteiger partial charge >= 0.3 is 5.97 Å². The summed E-state index contributed by atoms with van der Waals surface area (Å²) < 4.78 is 13.9. The first kappa shape index (κ1) is 12.8. The van der Waals surface area contributed by atoms with E-state index in [0.717, 1.165) is 12.3 Å². The van der Waals surface area contributed by atoms with E-state index < -0.39 is 17.3 Å². The summed E-state index contributed by atoms with van der Waals surface area (Å²) in [5.41, 5.74) is -0.484. The molecule has 1 heterocycles. The smallest absolute Gasteiger partial charge is 0.325 e. The summed E-state index contributed by atoms with van der Waals surface area (Å²) in [4.78, 5) is 33.5. The van der Waals surface area contributed by atoms with Gasteiger partial charge in [-0.1, -0.05) is 0 Å². The van der Waals surface area contributed by atoms with Crippen molar-refractivity contribution in [2.45, 2.75) is 0 Å². The largest absolute Gasteiger partial charge is 0.490 e. The van der Waals surface area contributed by atoms with Gasteiger partial charge in [0.25, 0.3) is 5.91 Å². The first-order valence-electron chi connectivity index (χ1n) is 4.60. The van der Waals surface area contributed by atoms with Gasteiger partial charge < -0.3 is 19.2 Å². The highest BCUT2D eigenvalue weighted by molar-refractivity contribution is 5.93. The molecule has 1 rings (SSSR count). The van der Waals surface area contributed by atoms with Crippen LogP contribution in [0.25, 0.3) is 0 Å². The average molecular weight is 241 g/mol. The molecule has 0 saturated carbocycles. The lowest BCUT2D eigenvalue weighted by Crippen LogP contribution is -2.30. The number of ether oxygens (including phenoxy) is 2. The van der Waals surface area contributed by atoms with Crippen molar-refractivity contribution in [2.75, 3.05) is 20.8 Å². The molecule has 0 aliphatic rings. The summed E-state index contributed by atoms with van der Waals surface area (Å²) in [5, 5.41) is 2.23. The highest BCUT2D eigenvalue weighted by Crippen LogP contribution is 2.04. The molecule has 0 unspecified atom stereocenters. The van der Waals surface area contributed by atoms with Crippen LogP contribution in [0.2, 0.25) is 0 Å². The summed E-state index contributed by atoms with van der Waals surface area (Å²) in [6.45, 7) is -0.301. The molecular weight excluding hydrogens is 230 g/mol. The van der Waals surface area contributed by atoms with E-state index in [1.165, 1.54) is 14.2 Å². The third-order valence-electron chi connectivity index (χ3n) is 1.86. The Morgan fingerprint density at radius 2 is 2.12 bits per heavy atom. The van der Waals surface area contributed by atoms with Crippen molar-refractivity contribution in [2.24, 2.45) is 0 Å². The Kier molecular flexibility index (Phi) is 4.27. The number of carbonyl (C=O) groups excluding carboxylic acids is 2. The molecule has 0 spiro atoms. The topological polar surface area (TPSA) is 94.8 Å². The number of hydrogen-bond acceptors (Lipinski definition) is 6. The Morgan fingerprint density at radius 1 is 1.41 bits per heavy atom. The Bertz CT molecular complexity index is 478. The van der Waals surface area contributed by atoms with Crippen LogP contribution in [0.5, 0.6) is 5.75 Å². The number of hydrogen-bond donors (Lipinski definition) is 1. The van der Waals surface area contributed by atoms with Crippen molar-refractivity contribution in [3.05, 3.63) is 28.3 Å². The monoisotopic (exact) mass is 241 g/mol. The number of esters is 1. The summed E-state index contributed by atoms with van der Waals surface area (Å²) in [6.07, 6.45) is 1.02. The molecule has 92 valence electrons. The van der Waals surface area contributed by atoms with Crippen molar-refractivity contribution < 1.29 is 23.5 Å². The van der Waals surface area contributed by atoms with Crippen LogP contribution in [-0.2, 0) is 9.53 Å². The zero-order valence-corrected chi connectivity index (χ0v) is 9.31. The molecule has 0 radical (unpaired) electrons. The van der Waals surface area contributed by atoms with Crippen LogP contribution >= 0.6 is 0 Å². The maximum absolute atomic E-state index is 11.4. The number of carbonyl (C=O) groups is 2. The molecule has 0 aliphatic heterocycles. The zero-order chi connectivity index (χ0) is 12.8. The molecule has 1 N–H and O–H groups in total. The summed E-state index contributed by atoms with van der Waals surface area (Å²) >= 11 is 0. The lowest BCUT2D eigenvalue weighted by atomic mass is 10.3. The molecule has 0 aliphatic carbocycles. The molecule has 0 aromatic carbocycles. The highest BCUT2D eigenvalue weighted by Gasteiger charge is 2.12. The second-order valence-corrected chi connectivity index (χ2v) is 2.94. The molecule has 0 saturated heterocycles. The first-order chi connectivity index (χ1) is 8.08. The Labute approximate surface area is 96.3 Å². The summed E-state index contributed by atoms with van der Waals surface area (Å²) in [7, 11) is 2.51. The van der Waals surface area contributed by atoms with Gasteiger partial charge in [0.05, 0.1) is 14.2 Å². The fraction of sp³-hybridized carbons (Fsp3) is 0.300.